The number of carbonyl (C=O) groups excluding carboxylic acids is 1. The second kappa shape index (κ2) is 3.67. The molecular formula is C13H16N2OS. The van der Waals surface area contributed by atoms with Gasteiger partial charge in [0.1, 0.15) is 5.78 Å². The molecule has 17 heavy (non-hydrogen) atoms. The van der Waals surface area contributed by atoms with Crippen molar-refractivity contribution in [3.63, 3.8) is 0 Å². The van der Waals surface area contributed by atoms with Crippen LogP contribution in [-0.2, 0) is 4.79 Å². The number of ketones is 1. The third-order valence-corrected chi connectivity index (χ3v) is 4.60. The van der Waals surface area contributed by atoms with Gasteiger partial charge in [-0.2, -0.15) is 0 Å². The van der Waals surface area contributed by atoms with Gasteiger partial charge in [-0.1, -0.05) is 6.92 Å². The number of aryl methyl sites for hydroxylation is 2. The topological polar surface area (TPSA) is 34.4 Å². The second-order valence-electron chi connectivity index (χ2n) is 4.85. The summed E-state index contributed by atoms with van der Waals surface area (Å²) < 4.78 is 2.23. The minimum Gasteiger partial charge on any atom is -0.299 e. The second-order valence-corrected chi connectivity index (χ2v) is 5.68. The molecule has 0 aromatic carbocycles. The number of thiazole rings is 1. The molecule has 1 aliphatic carbocycles. The fourth-order valence-corrected chi connectivity index (χ4v) is 3.59. The normalized spacial score (nSPS) is 23.2. The van der Waals surface area contributed by atoms with Crippen LogP contribution in [0, 0.1) is 19.8 Å². The van der Waals surface area contributed by atoms with Gasteiger partial charge in [0.2, 0.25) is 0 Å². The van der Waals surface area contributed by atoms with Gasteiger partial charge in [-0.05, 0) is 20.3 Å². The van der Waals surface area contributed by atoms with E-state index < -0.39 is 0 Å². The highest BCUT2D eigenvalue weighted by molar-refractivity contribution is 7.15. The zero-order valence-electron chi connectivity index (χ0n) is 10.4. The van der Waals surface area contributed by atoms with Gasteiger partial charge in [0.05, 0.1) is 11.4 Å². The van der Waals surface area contributed by atoms with Crippen LogP contribution in [0.1, 0.15) is 42.8 Å². The predicted octanol–water partition coefficient (Wildman–Crippen LogP) is 3.10. The van der Waals surface area contributed by atoms with Crippen molar-refractivity contribution < 1.29 is 4.79 Å². The Bertz CT molecular complexity index is 596. The summed E-state index contributed by atoms with van der Waals surface area (Å²) >= 11 is 1.68. The zero-order valence-corrected chi connectivity index (χ0v) is 11.2. The van der Waals surface area contributed by atoms with E-state index in [9.17, 15) is 4.79 Å². The van der Waals surface area contributed by atoms with Gasteiger partial charge in [-0.25, -0.2) is 4.98 Å². The Morgan fingerprint density at radius 3 is 3.06 bits per heavy atom. The largest absolute Gasteiger partial charge is 0.299 e. The van der Waals surface area contributed by atoms with Crippen LogP contribution >= 0.6 is 11.3 Å². The van der Waals surface area contributed by atoms with E-state index in [2.05, 4.69) is 28.6 Å². The van der Waals surface area contributed by atoms with Crippen molar-refractivity contribution in [2.75, 3.05) is 0 Å². The van der Waals surface area contributed by atoms with Crippen LogP contribution in [-0.4, -0.2) is 15.2 Å². The van der Waals surface area contributed by atoms with E-state index in [0.29, 0.717) is 18.1 Å². The van der Waals surface area contributed by atoms with Gasteiger partial charge in [0, 0.05) is 29.3 Å². The molecule has 2 aromatic rings. The van der Waals surface area contributed by atoms with Crippen molar-refractivity contribution in [2.45, 2.75) is 39.5 Å². The molecule has 0 spiro atoms. The number of aromatic nitrogens is 2. The Kier molecular flexibility index (Phi) is 2.36. The SMILES string of the molecule is CCC(=O)C1CC1c1c(C)nc2scc(C)n12. The van der Waals surface area contributed by atoms with Gasteiger partial charge in [-0.3, -0.25) is 9.20 Å². The quantitative estimate of drug-likeness (QED) is 0.836. The number of nitrogens with zero attached hydrogens (tertiary/aromatic N) is 2. The van der Waals surface area contributed by atoms with Crippen LogP contribution in [0.5, 0.6) is 0 Å². The minimum absolute atomic E-state index is 0.248. The molecule has 3 rings (SSSR count). The molecule has 0 saturated heterocycles. The number of rotatable bonds is 3. The lowest BCUT2D eigenvalue weighted by Crippen LogP contribution is -2.02. The average molecular weight is 248 g/mol. The fourth-order valence-electron chi connectivity index (χ4n) is 2.68. The molecule has 90 valence electrons. The first-order chi connectivity index (χ1) is 8.13. The van der Waals surface area contributed by atoms with E-state index in [4.69, 9.17) is 0 Å². The molecule has 0 aliphatic heterocycles. The summed E-state index contributed by atoms with van der Waals surface area (Å²) in [7, 11) is 0. The van der Waals surface area contributed by atoms with Crippen LogP contribution in [0.2, 0.25) is 0 Å². The molecule has 0 amide bonds. The first-order valence-electron chi connectivity index (χ1n) is 6.09. The van der Waals surface area contributed by atoms with Crippen molar-refractivity contribution >= 4 is 22.1 Å². The molecule has 1 fully saturated rings. The first kappa shape index (κ1) is 11.0. The summed E-state index contributed by atoms with van der Waals surface area (Å²) in [5.74, 6) is 1.06. The number of carbonyl (C=O) groups is 1. The zero-order chi connectivity index (χ0) is 12.2. The highest BCUT2D eigenvalue weighted by Crippen LogP contribution is 2.50. The van der Waals surface area contributed by atoms with Gasteiger partial charge in [0.15, 0.2) is 4.96 Å². The average Bonchev–Trinajstić information content (AvgIpc) is 2.92. The smallest absolute Gasteiger partial charge is 0.194 e. The van der Waals surface area contributed by atoms with E-state index in [0.717, 1.165) is 17.1 Å². The Hall–Kier alpha value is -1.16. The van der Waals surface area contributed by atoms with E-state index in [1.807, 2.05) is 6.92 Å². The van der Waals surface area contributed by atoms with Gasteiger partial charge in [0.25, 0.3) is 0 Å². The molecule has 0 radical (unpaired) electrons. The molecule has 0 bridgehead atoms. The number of Topliss-reactive ketones (excluding diaryl/α,β-unsaturated/α-hetero) is 1. The maximum absolute atomic E-state index is 11.7. The van der Waals surface area contributed by atoms with E-state index >= 15 is 0 Å². The summed E-state index contributed by atoms with van der Waals surface area (Å²) in [6.45, 7) is 6.11. The third kappa shape index (κ3) is 1.54. The maximum atomic E-state index is 11.7. The molecule has 2 atom stereocenters. The summed E-state index contributed by atoms with van der Waals surface area (Å²) in [6, 6.07) is 0. The van der Waals surface area contributed by atoms with Crippen LogP contribution in [0.15, 0.2) is 5.38 Å². The highest BCUT2D eigenvalue weighted by atomic mass is 32.1. The lowest BCUT2D eigenvalue weighted by atomic mass is 10.1. The molecule has 2 heterocycles. The summed E-state index contributed by atoms with van der Waals surface area (Å²) in [5, 5.41) is 2.13. The number of fused-ring (bicyclic) bond motifs is 1. The Morgan fingerprint density at radius 1 is 1.59 bits per heavy atom. The van der Waals surface area contributed by atoms with E-state index in [-0.39, 0.29) is 5.92 Å². The Balaban J connectivity index is 2.04. The van der Waals surface area contributed by atoms with Crippen molar-refractivity contribution in [3.8, 4) is 0 Å². The summed E-state index contributed by atoms with van der Waals surface area (Å²) in [6.07, 6.45) is 1.67. The fraction of sp³-hybridized carbons (Fsp3) is 0.538. The summed E-state index contributed by atoms with van der Waals surface area (Å²) in [5.41, 5.74) is 3.59. The standard InChI is InChI=1S/C13H16N2OS/c1-4-11(16)9-5-10(9)12-8(3)14-13-15(12)7(2)6-17-13/h6,9-10H,4-5H2,1-3H3. The van der Waals surface area contributed by atoms with Crippen LogP contribution in [0.4, 0.5) is 0 Å². The summed E-state index contributed by atoms with van der Waals surface area (Å²) in [4.78, 5) is 17.4. The molecule has 2 unspecified atom stereocenters. The Morgan fingerprint density at radius 2 is 2.35 bits per heavy atom. The maximum Gasteiger partial charge on any atom is 0.194 e. The third-order valence-electron chi connectivity index (χ3n) is 3.66. The van der Waals surface area contributed by atoms with Crippen LogP contribution in [0.25, 0.3) is 4.96 Å². The molecule has 1 aliphatic rings. The lowest BCUT2D eigenvalue weighted by molar-refractivity contribution is -0.120. The number of hydrogen-bond acceptors (Lipinski definition) is 3. The van der Waals surface area contributed by atoms with E-state index in [1.165, 1.54) is 11.4 Å². The van der Waals surface area contributed by atoms with Gasteiger partial charge in [-0.15, -0.1) is 11.3 Å². The van der Waals surface area contributed by atoms with Gasteiger partial charge >= 0.3 is 0 Å². The van der Waals surface area contributed by atoms with Crippen LogP contribution < -0.4 is 0 Å². The van der Waals surface area contributed by atoms with Crippen molar-refractivity contribution in [1.82, 2.24) is 9.38 Å². The van der Waals surface area contributed by atoms with Crippen molar-refractivity contribution in [3.05, 3.63) is 22.5 Å². The van der Waals surface area contributed by atoms with Crippen molar-refractivity contribution in [2.24, 2.45) is 5.92 Å². The molecule has 2 aromatic heterocycles. The predicted molar refractivity (Wildman–Crippen MR) is 68.7 cm³/mol. The highest BCUT2D eigenvalue weighted by Gasteiger charge is 2.45. The molecule has 4 heteroatoms. The van der Waals surface area contributed by atoms with Gasteiger partial charge < -0.3 is 0 Å². The molecule has 0 N–H and O–H groups in total. The lowest BCUT2D eigenvalue weighted by Gasteiger charge is -2.01. The first-order valence-corrected chi connectivity index (χ1v) is 6.97. The minimum atomic E-state index is 0.248. The molecule has 3 nitrogen and oxygen atoms in total. The molecular weight excluding hydrogens is 232 g/mol. The Labute approximate surface area is 104 Å². The number of imidazole rings is 1. The monoisotopic (exact) mass is 248 g/mol. The van der Waals surface area contributed by atoms with Crippen molar-refractivity contribution in [1.29, 1.82) is 0 Å². The number of hydrogen-bond donors (Lipinski definition) is 0. The van der Waals surface area contributed by atoms with E-state index in [1.54, 1.807) is 11.3 Å². The van der Waals surface area contributed by atoms with Crippen LogP contribution in [0.3, 0.4) is 0 Å². The molecule has 1 saturated carbocycles.